The fourth-order valence-electron chi connectivity index (χ4n) is 3.60. The molecule has 3 rings (SSSR count). The van der Waals surface area contributed by atoms with Crippen molar-refractivity contribution in [3.05, 3.63) is 59.7 Å². The molecule has 2 aromatic carbocycles. The second-order valence-corrected chi connectivity index (χ2v) is 6.73. The van der Waals surface area contributed by atoms with Crippen LogP contribution in [0.1, 0.15) is 46.4 Å². The zero-order chi connectivity index (χ0) is 18.5. The van der Waals surface area contributed by atoms with Gasteiger partial charge in [0.1, 0.15) is 11.5 Å². The summed E-state index contributed by atoms with van der Waals surface area (Å²) in [5.74, 6) is 1.84. The Morgan fingerprint density at radius 2 is 0.962 bits per heavy atom. The fourth-order valence-corrected chi connectivity index (χ4v) is 3.60. The lowest BCUT2D eigenvalue weighted by Gasteiger charge is -2.27. The van der Waals surface area contributed by atoms with Crippen LogP contribution in [0.25, 0.3) is 0 Å². The van der Waals surface area contributed by atoms with Gasteiger partial charge in [0.15, 0.2) is 11.6 Å². The normalized spacial score (nSPS) is 19.6. The standard InChI is InChI=1S/C22H24O4/c1-25-19-11-7-17(8-12-19)21(23)15-3-5-16(6-4-15)22(24)18-9-13-20(26-2)14-10-18/h7-16H,3-6H2,1-2H3/t15-,16-. The van der Waals surface area contributed by atoms with E-state index in [1.165, 1.54) is 0 Å². The van der Waals surface area contributed by atoms with Crippen molar-refractivity contribution < 1.29 is 19.1 Å². The third-order valence-corrected chi connectivity index (χ3v) is 5.22. The van der Waals surface area contributed by atoms with E-state index < -0.39 is 0 Å². The first kappa shape index (κ1) is 18.2. The van der Waals surface area contributed by atoms with Gasteiger partial charge >= 0.3 is 0 Å². The Hall–Kier alpha value is -2.62. The van der Waals surface area contributed by atoms with Crippen LogP contribution in [0.4, 0.5) is 0 Å². The minimum atomic E-state index is 0.00307. The molecule has 0 aliphatic heterocycles. The van der Waals surface area contributed by atoms with Crippen molar-refractivity contribution in [2.45, 2.75) is 25.7 Å². The van der Waals surface area contributed by atoms with Gasteiger partial charge in [-0.15, -0.1) is 0 Å². The quantitative estimate of drug-likeness (QED) is 0.714. The molecule has 1 saturated carbocycles. The van der Waals surface area contributed by atoms with Crippen molar-refractivity contribution in [2.24, 2.45) is 11.8 Å². The third-order valence-electron chi connectivity index (χ3n) is 5.22. The van der Waals surface area contributed by atoms with Crippen molar-refractivity contribution in [3.63, 3.8) is 0 Å². The summed E-state index contributed by atoms with van der Waals surface area (Å²) in [5, 5.41) is 0. The predicted molar refractivity (Wildman–Crippen MR) is 100 cm³/mol. The largest absolute Gasteiger partial charge is 0.497 e. The second-order valence-electron chi connectivity index (χ2n) is 6.73. The van der Waals surface area contributed by atoms with Crippen LogP contribution in [-0.2, 0) is 0 Å². The van der Waals surface area contributed by atoms with E-state index in [1.807, 2.05) is 48.5 Å². The summed E-state index contributed by atoms with van der Waals surface area (Å²) in [4.78, 5) is 25.4. The molecule has 0 aromatic heterocycles. The topological polar surface area (TPSA) is 52.6 Å². The Morgan fingerprint density at radius 1 is 0.654 bits per heavy atom. The summed E-state index contributed by atoms with van der Waals surface area (Å²) in [6.07, 6.45) is 3.05. The maximum atomic E-state index is 12.7. The Balaban J connectivity index is 1.59. The monoisotopic (exact) mass is 352 g/mol. The van der Waals surface area contributed by atoms with Gasteiger partial charge in [-0.2, -0.15) is 0 Å². The lowest BCUT2D eigenvalue weighted by Crippen LogP contribution is -2.26. The first-order chi connectivity index (χ1) is 12.6. The van der Waals surface area contributed by atoms with E-state index >= 15 is 0 Å². The lowest BCUT2D eigenvalue weighted by atomic mass is 9.76. The SMILES string of the molecule is COc1ccc(C(=O)[C@H]2CC[C@H](C(=O)c3ccc(OC)cc3)CC2)cc1. The molecule has 0 atom stereocenters. The number of ketones is 2. The molecule has 0 amide bonds. The Morgan fingerprint density at radius 3 is 1.23 bits per heavy atom. The number of benzene rings is 2. The summed E-state index contributed by atoms with van der Waals surface area (Å²) >= 11 is 0. The molecule has 1 aliphatic rings. The van der Waals surface area contributed by atoms with Gasteiger partial charge < -0.3 is 9.47 Å². The summed E-state index contributed by atoms with van der Waals surface area (Å²) in [5.41, 5.74) is 1.44. The molecule has 0 N–H and O–H groups in total. The van der Waals surface area contributed by atoms with Crippen molar-refractivity contribution in [2.75, 3.05) is 14.2 Å². The molecule has 26 heavy (non-hydrogen) atoms. The highest BCUT2D eigenvalue weighted by molar-refractivity contribution is 5.99. The van der Waals surface area contributed by atoms with Gasteiger partial charge in [-0.05, 0) is 74.2 Å². The van der Waals surface area contributed by atoms with Crippen molar-refractivity contribution in [1.29, 1.82) is 0 Å². The van der Waals surface area contributed by atoms with E-state index in [2.05, 4.69) is 0 Å². The highest BCUT2D eigenvalue weighted by Crippen LogP contribution is 2.33. The predicted octanol–water partition coefficient (Wildman–Crippen LogP) is 4.58. The Labute approximate surface area is 154 Å². The van der Waals surface area contributed by atoms with Crippen molar-refractivity contribution >= 4 is 11.6 Å². The summed E-state index contributed by atoms with van der Waals surface area (Å²) in [6, 6.07) is 14.5. The molecule has 0 spiro atoms. The molecule has 0 unspecified atom stereocenters. The van der Waals surface area contributed by atoms with E-state index in [-0.39, 0.29) is 23.4 Å². The molecular formula is C22H24O4. The van der Waals surface area contributed by atoms with Crippen LogP contribution in [0, 0.1) is 11.8 Å². The molecule has 0 saturated heterocycles. The van der Waals surface area contributed by atoms with Gasteiger partial charge in [0.05, 0.1) is 14.2 Å². The van der Waals surface area contributed by atoms with E-state index in [0.717, 1.165) is 48.3 Å². The first-order valence-electron chi connectivity index (χ1n) is 8.99. The minimum Gasteiger partial charge on any atom is -0.497 e. The number of rotatable bonds is 6. The maximum absolute atomic E-state index is 12.7. The number of hydrogen-bond acceptors (Lipinski definition) is 4. The fraction of sp³-hybridized carbons (Fsp3) is 0.364. The molecule has 0 radical (unpaired) electrons. The van der Waals surface area contributed by atoms with Gasteiger partial charge in [0.2, 0.25) is 0 Å². The Kier molecular flexibility index (Phi) is 5.71. The number of ether oxygens (including phenoxy) is 2. The molecule has 4 nitrogen and oxygen atoms in total. The molecule has 4 heteroatoms. The number of hydrogen-bond donors (Lipinski definition) is 0. The average Bonchev–Trinajstić information content (AvgIpc) is 2.73. The molecule has 1 aliphatic carbocycles. The smallest absolute Gasteiger partial charge is 0.165 e. The molecule has 0 heterocycles. The van der Waals surface area contributed by atoms with Gasteiger partial charge in [-0.3, -0.25) is 9.59 Å². The average molecular weight is 352 g/mol. The number of Topliss-reactive ketones (excluding diaryl/α,β-unsaturated/α-hetero) is 2. The van der Waals surface area contributed by atoms with E-state index in [4.69, 9.17) is 9.47 Å². The summed E-state index contributed by atoms with van der Waals surface area (Å²) in [6.45, 7) is 0. The summed E-state index contributed by atoms with van der Waals surface area (Å²) in [7, 11) is 3.22. The van der Waals surface area contributed by atoms with Gasteiger partial charge in [0, 0.05) is 23.0 Å². The number of methoxy groups -OCH3 is 2. The van der Waals surface area contributed by atoms with Gasteiger partial charge in [-0.1, -0.05) is 0 Å². The third kappa shape index (κ3) is 3.96. The van der Waals surface area contributed by atoms with Crippen LogP contribution < -0.4 is 9.47 Å². The van der Waals surface area contributed by atoms with Crippen molar-refractivity contribution in [3.8, 4) is 11.5 Å². The molecule has 0 bridgehead atoms. The van der Waals surface area contributed by atoms with E-state index in [9.17, 15) is 9.59 Å². The second kappa shape index (κ2) is 8.17. The van der Waals surface area contributed by atoms with Crippen LogP contribution in [0.5, 0.6) is 11.5 Å². The maximum Gasteiger partial charge on any atom is 0.165 e. The van der Waals surface area contributed by atoms with E-state index in [1.54, 1.807) is 14.2 Å². The van der Waals surface area contributed by atoms with Gasteiger partial charge in [-0.25, -0.2) is 0 Å². The zero-order valence-corrected chi connectivity index (χ0v) is 15.2. The van der Waals surface area contributed by atoms with Crippen LogP contribution in [0.2, 0.25) is 0 Å². The molecular weight excluding hydrogens is 328 g/mol. The number of carbonyl (C=O) groups is 2. The minimum absolute atomic E-state index is 0.00307. The van der Waals surface area contributed by atoms with Crippen LogP contribution in [0.15, 0.2) is 48.5 Å². The first-order valence-corrected chi connectivity index (χ1v) is 8.99. The number of carbonyl (C=O) groups excluding carboxylic acids is 2. The van der Waals surface area contributed by atoms with Crippen LogP contribution >= 0.6 is 0 Å². The highest BCUT2D eigenvalue weighted by atomic mass is 16.5. The molecule has 1 fully saturated rings. The molecule has 2 aromatic rings. The highest BCUT2D eigenvalue weighted by Gasteiger charge is 2.30. The van der Waals surface area contributed by atoms with Crippen molar-refractivity contribution in [1.82, 2.24) is 0 Å². The van der Waals surface area contributed by atoms with Crippen LogP contribution in [0.3, 0.4) is 0 Å². The lowest BCUT2D eigenvalue weighted by molar-refractivity contribution is 0.0797. The van der Waals surface area contributed by atoms with E-state index in [0.29, 0.717) is 0 Å². The zero-order valence-electron chi connectivity index (χ0n) is 15.2. The van der Waals surface area contributed by atoms with Crippen LogP contribution in [-0.4, -0.2) is 25.8 Å². The molecule has 136 valence electrons. The Bertz CT molecular complexity index is 686. The summed E-state index contributed by atoms with van der Waals surface area (Å²) < 4.78 is 10.3. The van der Waals surface area contributed by atoms with Gasteiger partial charge in [0.25, 0.3) is 0 Å².